The number of para-hydroxylation sites is 6. The van der Waals surface area contributed by atoms with Crippen molar-refractivity contribution in [1.29, 1.82) is 0 Å². The van der Waals surface area contributed by atoms with Gasteiger partial charge >= 0.3 is 0 Å². The van der Waals surface area contributed by atoms with Gasteiger partial charge in [-0.1, -0.05) is 329 Å². The molecule has 1 aliphatic carbocycles. The first-order chi connectivity index (χ1) is 66.7. The zero-order chi connectivity index (χ0) is 89.6. The predicted molar refractivity (Wildman–Crippen MR) is 570 cm³/mol. The van der Waals surface area contributed by atoms with Gasteiger partial charge < -0.3 is 28.1 Å². The van der Waals surface area contributed by atoms with E-state index in [2.05, 4.69) is 551 Å². The molecule has 135 heavy (non-hydrogen) atoms. The van der Waals surface area contributed by atoms with Crippen LogP contribution in [0.15, 0.2) is 510 Å². The molecule has 26 rings (SSSR count). The van der Waals surface area contributed by atoms with E-state index in [9.17, 15) is 0 Å². The van der Waals surface area contributed by atoms with E-state index >= 15 is 0 Å². The van der Waals surface area contributed by atoms with E-state index in [1.165, 1.54) is 193 Å². The van der Waals surface area contributed by atoms with Crippen molar-refractivity contribution in [2.75, 3.05) is 9.80 Å². The molecule has 0 atom stereocenters. The molecule has 4 heterocycles. The summed E-state index contributed by atoms with van der Waals surface area (Å²) < 4.78 is 9.63. The molecular formula is C129H90N6. The van der Waals surface area contributed by atoms with Gasteiger partial charge in [0.2, 0.25) is 0 Å². The van der Waals surface area contributed by atoms with E-state index in [-0.39, 0.29) is 5.41 Å². The van der Waals surface area contributed by atoms with Gasteiger partial charge in [-0.15, -0.1) is 0 Å². The number of fused-ring (bicyclic) bond motifs is 15. The standard InChI is InChI=1S/C69H49N3.C60H41N3/c1-69(2)63-44-55(70(53-32-26-48(27-33-53)46-16-6-3-7-17-46)54-34-28-49(29-35-54)47-18-8-4-9-19-47)36-38-57(63)58-39-37-56(45-64(58)69)72-66-25-15-13-23-60(66)62-43-51(31-41-68(62)72)50-30-40-67-61(42-50)59-22-12-14-24-65(59)71(67)52-20-10-5-11-21-52;1-4-14-42(15-5-1)44-24-30-49(31-25-44)61(50-32-26-45(27-33-50)43-16-6-2-7-17-43)51-34-36-52(37-35-51)63-58-23-13-11-21-54(58)56-41-47(29-39-60(56)63)46-28-38-59-55(40-46)53-20-10-12-22-57(53)62(59)48-18-8-3-9-19-48/h3-45H,1-2H3;1-41H. The fourth-order valence-corrected chi connectivity index (χ4v) is 21.2. The molecule has 0 radical (unpaired) electrons. The molecule has 0 amide bonds. The van der Waals surface area contributed by atoms with Crippen molar-refractivity contribution in [3.63, 3.8) is 0 Å². The smallest absolute Gasteiger partial charge is 0.0541 e. The van der Waals surface area contributed by atoms with E-state index in [0.29, 0.717) is 0 Å². The van der Waals surface area contributed by atoms with Gasteiger partial charge in [0.25, 0.3) is 0 Å². The second kappa shape index (κ2) is 33.1. The quantitative estimate of drug-likeness (QED) is 0.0964. The van der Waals surface area contributed by atoms with Crippen molar-refractivity contribution in [2.45, 2.75) is 19.3 Å². The number of anilines is 6. The summed E-state index contributed by atoms with van der Waals surface area (Å²) >= 11 is 0. The van der Waals surface area contributed by atoms with Crippen LogP contribution in [0.4, 0.5) is 34.1 Å². The average Bonchev–Trinajstić information content (AvgIpc) is 1.51. The van der Waals surface area contributed by atoms with Crippen LogP contribution in [-0.4, -0.2) is 18.3 Å². The Kier molecular flexibility index (Phi) is 19.5. The molecule has 6 nitrogen and oxygen atoms in total. The molecule has 4 aromatic heterocycles. The van der Waals surface area contributed by atoms with E-state index in [4.69, 9.17) is 0 Å². The molecule has 0 saturated carbocycles. The highest BCUT2D eigenvalue weighted by atomic mass is 15.2. The van der Waals surface area contributed by atoms with Gasteiger partial charge in [0.15, 0.2) is 0 Å². The van der Waals surface area contributed by atoms with Crippen LogP contribution < -0.4 is 9.80 Å². The molecule has 1 aliphatic rings. The maximum absolute atomic E-state index is 2.47. The number of hydrogen-bond donors (Lipinski definition) is 0. The highest BCUT2D eigenvalue weighted by molar-refractivity contribution is 6.15. The van der Waals surface area contributed by atoms with Crippen molar-refractivity contribution >= 4 is 121 Å². The third-order valence-electron chi connectivity index (χ3n) is 27.8. The lowest BCUT2D eigenvalue weighted by Crippen LogP contribution is -2.17. The van der Waals surface area contributed by atoms with Gasteiger partial charge in [-0.05, 0) is 283 Å². The van der Waals surface area contributed by atoms with Gasteiger partial charge in [0, 0.05) is 105 Å². The van der Waals surface area contributed by atoms with Crippen molar-refractivity contribution in [2.24, 2.45) is 0 Å². The third-order valence-corrected chi connectivity index (χ3v) is 27.8. The zero-order valence-electron chi connectivity index (χ0n) is 74.7. The number of benzene rings is 21. The van der Waals surface area contributed by atoms with E-state index in [1.54, 1.807) is 0 Å². The molecule has 25 aromatic rings. The summed E-state index contributed by atoms with van der Waals surface area (Å²) in [4.78, 5) is 4.75. The van der Waals surface area contributed by atoms with Gasteiger partial charge in [-0.25, -0.2) is 0 Å². The summed E-state index contributed by atoms with van der Waals surface area (Å²) in [7, 11) is 0. The number of hydrogen-bond acceptors (Lipinski definition) is 2. The van der Waals surface area contributed by atoms with E-state index < -0.39 is 0 Å². The Labute approximate surface area is 784 Å². The van der Waals surface area contributed by atoms with Gasteiger partial charge in [-0.3, -0.25) is 0 Å². The molecule has 0 unspecified atom stereocenters. The second-order valence-electron chi connectivity index (χ2n) is 35.9. The molecule has 0 spiro atoms. The minimum Gasteiger partial charge on any atom is -0.311 e. The lowest BCUT2D eigenvalue weighted by Gasteiger charge is -2.28. The van der Waals surface area contributed by atoms with Gasteiger partial charge in [0.05, 0.1) is 44.1 Å². The summed E-state index contributed by atoms with van der Waals surface area (Å²) in [5.41, 5.74) is 40.3. The Bertz CT molecular complexity index is 8630. The number of aromatic nitrogens is 4. The van der Waals surface area contributed by atoms with Crippen LogP contribution in [0.2, 0.25) is 0 Å². The van der Waals surface area contributed by atoms with Crippen molar-refractivity contribution in [3.8, 4) is 101 Å². The molecule has 0 fully saturated rings. The number of nitrogens with zero attached hydrogens (tertiary/aromatic N) is 6. The predicted octanol–water partition coefficient (Wildman–Crippen LogP) is 35.0. The van der Waals surface area contributed by atoms with Crippen LogP contribution in [0.1, 0.15) is 25.0 Å². The molecule has 0 aliphatic heterocycles. The Hall–Kier alpha value is -17.6. The zero-order valence-corrected chi connectivity index (χ0v) is 74.7. The van der Waals surface area contributed by atoms with Crippen LogP contribution in [0.5, 0.6) is 0 Å². The fourth-order valence-electron chi connectivity index (χ4n) is 21.2. The molecule has 21 aromatic carbocycles. The molecule has 6 heteroatoms. The Morgan fingerprint density at radius 1 is 0.148 bits per heavy atom. The topological polar surface area (TPSA) is 26.2 Å². The van der Waals surface area contributed by atoms with Crippen LogP contribution in [0.3, 0.4) is 0 Å². The molecule has 0 N–H and O–H groups in total. The van der Waals surface area contributed by atoms with E-state index in [1.807, 2.05) is 0 Å². The highest BCUT2D eigenvalue weighted by Crippen LogP contribution is 2.53. The normalized spacial score (nSPS) is 12.1. The fraction of sp³-hybridized carbons (Fsp3) is 0.0233. The van der Waals surface area contributed by atoms with Crippen LogP contribution in [-0.2, 0) is 5.41 Å². The first-order valence-corrected chi connectivity index (χ1v) is 46.6. The largest absolute Gasteiger partial charge is 0.311 e. The monoisotopic (exact) mass is 1720 g/mol. The first kappa shape index (κ1) is 79.6. The maximum atomic E-state index is 2.47. The van der Waals surface area contributed by atoms with Crippen molar-refractivity contribution in [1.82, 2.24) is 18.3 Å². The summed E-state index contributed by atoms with van der Waals surface area (Å²) in [5, 5.41) is 9.99. The lowest BCUT2D eigenvalue weighted by atomic mass is 9.82. The average molecular weight is 1720 g/mol. The van der Waals surface area contributed by atoms with Crippen LogP contribution >= 0.6 is 0 Å². The van der Waals surface area contributed by atoms with Crippen LogP contribution in [0, 0.1) is 0 Å². The number of rotatable bonds is 16. The SMILES string of the molecule is CC1(C)c2cc(N(c3ccc(-c4ccccc4)cc3)c3ccc(-c4ccccc4)cc3)ccc2-c2ccc(-n3c4ccccc4c4cc(-c5ccc6c(c5)c5ccccc5n6-c5ccccc5)ccc43)cc21.c1ccc(-c2ccc(N(c3ccc(-c4ccccc4)cc3)c3ccc(-n4c5ccccc5c5cc(-c6ccc7c(c6)c6ccccc6n7-c6ccccc6)ccc54)cc3)cc2)cc1. The minimum atomic E-state index is -0.259. The van der Waals surface area contributed by atoms with Gasteiger partial charge in [-0.2, -0.15) is 0 Å². The highest BCUT2D eigenvalue weighted by Gasteiger charge is 2.37. The second-order valence-corrected chi connectivity index (χ2v) is 35.9. The van der Waals surface area contributed by atoms with Crippen molar-refractivity contribution in [3.05, 3.63) is 521 Å². The molecule has 636 valence electrons. The lowest BCUT2D eigenvalue weighted by molar-refractivity contribution is 0.660. The maximum Gasteiger partial charge on any atom is 0.0541 e. The van der Waals surface area contributed by atoms with Gasteiger partial charge in [0.1, 0.15) is 0 Å². The van der Waals surface area contributed by atoms with E-state index in [0.717, 1.165) is 39.8 Å². The molecular weight excluding hydrogens is 1630 g/mol. The molecule has 0 saturated heterocycles. The first-order valence-electron chi connectivity index (χ1n) is 46.6. The summed E-state index contributed by atoms with van der Waals surface area (Å²) in [6.07, 6.45) is 0. The Balaban J connectivity index is 0.000000145. The summed E-state index contributed by atoms with van der Waals surface area (Å²) in [6.45, 7) is 4.79. The molecule has 0 bridgehead atoms. The van der Waals surface area contributed by atoms with Crippen molar-refractivity contribution < 1.29 is 0 Å². The minimum absolute atomic E-state index is 0.259. The third kappa shape index (κ3) is 14.0. The summed E-state index contributed by atoms with van der Waals surface area (Å²) in [5.74, 6) is 0. The summed E-state index contributed by atoms with van der Waals surface area (Å²) in [6, 6.07) is 186. The van der Waals surface area contributed by atoms with Crippen LogP contribution in [0.25, 0.3) is 188 Å². The Morgan fingerprint density at radius 3 is 0.667 bits per heavy atom. The Morgan fingerprint density at radius 2 is 0.356 bits per heavy atom.